The van der Waals surface area contributed by atoms with Gasteiger partial charge in [0.15, 0.2) is 0 Å². The van der Waals surface area contributed by atoms with Gasteiger partial charge in [-0.3, -0.25) is 0 Å². The molecule has 0 saturated carbocycles. The van der Waals surface area contributed by atoms with Crippen LogP contribution in [0.3, 0.4) is 0 Å². The summed E-state index contributed by atoms with van der Waals surface area (Å²) in [6, 6.07) is 0. The Labute approximate surface area is 87.0 Å². The monoisotopic (exact) mass is 198 g/mol. The van der Waals surface area contributed by atoms with Gasteiger partial charge in [0.25, 0.3) is 0 Å². The zero-order chi connectivity index (χ0) is 10.8. The zero-order valence-electron chi connectivity index (χ0n) is 8.86. The molecule has 82 valence electrons. The highest BCUT2D eigenvalue weighted by atomic mass is 16.3. The van der Waals surface area contributed by atoms with Crippen LogP contribution in [-0.4, -0.2) is 22.4 Å². The van der Waals surface area contributed by atoms with E-state index in [-0.39, 0.29) is 0 Å². The number of unbranched alkanes of at least 4 members (excludes halogenated alkanes) is 2. The Morgan fingerprint density at radius 3 is 1.50 bits per heavy atom. The fourth-order valence-electron chi connectivity index (χ4n) is 1.33. The second kappa shape index (κ2) is 8.97. The Bertz CT molecular complexity index is 136. The summed E-state index contributed by atoms with van der Waals surface area (Å²) in [5.74, 6) is 0. The van der Waals surface area contributed by atoms with E-state index >= 15 is 0 Å². The molecule has 0 heterocycles. The predicted octanol–water partition coefficient (Wildman–Crippen LogP) is 2.42. The average Bonchev–Trinajstić information content (AvgIpc) is 2.18. The van der Waals surface area contributed by atoms with Crippen LogP contribution < -0.4 is 0 Å². The maximum Gasteiger partial charge on any atom is 0.0799 e. The molecule has 2 heteroatoms. The molecular formula is C12H22O2. The molecule has 0 aromatic heterocycles. The second-order valence-corrected chi connectivity index (χ2v) is 3.57. The quantitative estimate of drug-likeness (QED) is 0.441. The van der Waals surface area contributed by atoms with Crippen molar-refractivity contribution in [2.75, 3.05) is 0 Å². The van der Waals surface area contributed by atoms with Crippen molar-refractivity contribution >= 4 is 0 Å². The zero-order valence-corrected chi connectivity index (χ0v) is 8.86. The summed E-state index contributed by atoms with van der Waals surface area (Å²) >= 11 is 0. The summed E-state index contributed by atoms with van der Waals surface area (Å²) in [5.41, 5.74) is 0. The lowest BCUT2D eigenvalue weighted by atomic mass is 10.0. The summed E-state index contributed by atoms with van der Waals surface area (Å²) < 4.78 is 0. The molecule has 0 aliphatic heterocycles. The van der Waals surface area contributed by atoms with Crippen LogP contribution in [0.2, 0.25) is 0 Å². The number of rotatable bonds is 9. The van der Waals surface area contributed by atoms with Crippen LogP contribution in [0, 0.1) is 0 Å². The first-order chi connectivity index (χ1) is 6.72. The molecule has 2 N–H and O–H groups in total. The van der Waals surface area contributed by atoms with Gasteiger partial charge in [-0.15, -0.1) is 13.2 Å². The Balaban J connectivity index is 3.47. The minimum atomic E-state index is -0.584. The third-order valence-corrected chi connectivity index (χ3v) is 2.26. The Morgan fingerprint density at radius 2 is 1.21 bits per heavy atom. The molecule has 0 aliphatic carbocycles. The van der Waals surface area contributed by atoms with E-state index in [2.05, 4.69) is 13.2 Å². The first-order valence-corrected chi connectivity index (χ1v) is 5.30. The molecule has 0 spiro atoms. The molecule has 0 bridgehead atoms. The molecule has 2 atom stereocenters. The molecule has 14 heavy (non-hydrogen) atoms. The highest BCUT2D eigenvalue weighted by molar-refractivity contribution is 4.73. The van der Waals surface area contributed by atoms with Crippen molar-refractivity contribution in [2.45, 2.75) is 50.7 Å². The predicted molar refractivity (Wildman–Crippen MR) is 60.1 cm³/mol. The van der Waals surface area contributed by atoms with E-state index in [1.165, 1.54) is 0 Å². The summed E-state index contributed by atoms with van der Waals surface area (Å²) in [4.78, 5) is 0. The van der Waals surface area contributed by atoms with Crippen LogP contribution in [0.25, 0.3) is 0 Å². The Kier molecular flexibility index (Phi) is 8.59. The van der Waals surface area contributed by atoms with E-state index < -0.39 is 12.2 Å². The van der Waals surface area contributed by atoms with E-state index in [4.69, 9.17) is 0 Å². The van der Waals surface area contributed by atoms with Gasteiger partial charge >= 0.3 is 0 Å². The van der Waals surface area contributed by atoms with Crippen LogP contribution in [0.4, 0.5) is 0 Å². The van der Waals surface area contributed by atoms with Crippen LogP contribution in [-0.2, 0) is 0 Å². The lowest BCUT2D eigenvalue weighted by Gasteiger charge is -2.16. The third-order valence-electron chi connectivity index (χ3n) is 2.26. The first-order valence-electron chi connectivity index (χ1n) is 5.30. The van der Waals surface area contributed by atoms with E-state index in [1.807, 2.05) is 12.2 Å². The minimum absolute atomic E-state index is 0.584. The van der Waals surface area contributed by atoms with E-state index in [9.17, 15) is 10.2 Å². The topological polar surface area (TPSA) is 40.5 Å². The standard InChI is InChI=1S/C12H22O2/c1-3-5-7-9-11(13)12(14)10-8-6-4-2/h3-4,11-14H,1-2,5-10H2/t11-,12-/m1/s1. The highest BCUT2D eigenvalue weighted by Gasteiger charge is 2.14. The summed E-state index contributed by atoms with van der Waals surface area (Å²) in [7, 11) is 0. The molecule has 0 aromatic rings. The minimum Gasteiger partial charge on any atom is -0.390 e. The average molecular weight is 198 g/mol. The van der Waals surface area contributed by atoms with Crippen LogP contribution in [0.5, 0.6) is 0 Å². The summed E-state index contributed by atoms with van der Waals surface area (Å²) in [6.45, 7) is 7.22. The van der Waals surface area contributed by atoms with Gasteiger partial charge in [0, 0.05) is 0 Å². The van der Waals surface area contributed by atoms with E-state index in [0.717, 1.165) is 25.7 Å². The third kappa shape index (κ3) is 6.87. The molecule has 0 amide bonds. The lowest BCUT2D eigenvalue weighted by molar-refractivity contribution is 0.00812. The van der Waals surface area contributed by atoms with Crippen molar-refractivity contribution in [1.82, 2.24) is 0 Å². The first kappa shape index (κ1) is 13.4. The molecule has 2 nitrogen and oxygen atoms in total. The molecule has 0 unspecified atom stereocenters. The van der Waals surface area contributed by atoms with Gasteiger partial charge in [-0.25, -0.2) is 0 Å². The highest BCUT2D eigenvalue weighted by Crippen LogP contribution is 2.11. The smallest absolute Gasteiger partial charge is 0.0799 e. The van der Waals surface area contributed by atoms with Gasteiger partial charge in [-0.2, -0.15) is 0 Å². The molecule has 0 aromatic carbocycles. The van der Waals surface area contributed by atoms with Gasteiger partial charge in [0.05, 0.1) is 12.2 Å². The molecule has 0 saturated heterocycles. The lowest BCUT2D eigenvalue weighted by Crippen LogP contribution is -2.25. The van der Waals surface area contributed by atoms with Crippen molar-refractivity contribution in [1.29, 1.82) is 0 Å². The SMILES string of the molecule is C=CCCC[C@@H](O)[C@H](O)CCCC=C. The Hall–Kier alpha value is -0.600. The van der Waals surface area contributed by atoms with Gasteiger partial charge in [-0.1, -0.05) is 12.2 Å². The van der Waals surface area contributed by atoms with E-state index in [0.29, 0.717) is 12.8 Å². The van der Waals surface area contributed by atoms with Gasteiger partial charge in [0.2, 0.25) is 0 Å². The van der Waals surface area contributed by atoms with Crippen LogP contribution in [0.15, 0.2) is 25.3 Å². The molecule has 0 aliphatic rings. The summed E-state index contributed by atoms with van der Waals surface area (Å²) in [6.07, 6.45) is 7.38. The number of hydrogen-bond acceptors (Lipinski definition) is 2. The number of allylic oxidation sites excluding steroid dienone is 2. The number of aliphatic hydroxyl groups excluding tert-OH is 2. The molecular weight excluding hydrogens is 176 g/mol. The maximum atomic E-state index is 9.53. The number of hydrogen-bond donors (Lipinski definition) is 2. The molecule has 0 fully saturated rings. The van der Waals surface area contributed by atoms with Crippen molar-refractivity contribution in [3.8, 4) is 0 Å². The van der Waals surface area contributed by atoms with Crippen LogP contribution in [0.1, 0.15) is 38.5 Å². The van der Waals surface area contributed by atoms with Crippen molar-refractivity contribution in [3.05, 3.63) is 25.3 Å². The summed E-state index contributed by atoms with van der Waals surface area (Å²) in [5, 5.41) is 19.1. The maximum absolute atomic E-state index is 9.53. The van der Waals surface area contributed by atoms with Crippen LogP contribution >= 0.6 is 0 Å². The van der Waals surface area contributed by atoms with Gasteiger partial charge in [-0.05, 0) is 38.5 Å². The van der Waals surface area contributed by atoms with Crippen molar-refractivity contribution in [3.63, 3.8) is 0 Å². The fraction of sp³-hybridized carbons (Fsp3) is 0.667. The van der Waals surface area contributed by atoms with Gasteiger partial charge < -0.3 is 10.2 Å². The normalized spacial score (nSPS) is 14.7. The fourth-order valence-corrected chi connectivity index (χ4v) is 1.33. The van der Waals surface area contributed by atoms with Gasteiger partial charge in [0.1, 0.15) is 0 Å². The molecule has 0 rings (SSSR count). The second-order valence-electron chi connectivity index (χ2n) is 3.57. The van der Waals surface area contributed by atoms with Crippen molar-refractivity contribution in [2.24, 2.45) is 0 Å². The number of aliphatic hydroxyl groups is 2. The largest absolute Gasteiger partial charge is 0.390 e. The Morgan fingerprint density at radius 1 is 0.857 bits per heavy atom. The van der Waals surface area contributed by atoms with Crippen molar-refractivity contribution < 1.29 is 10.2 Å². The van der Waals surface area contributed by atoms with E-state index in [1.54, 1.807) is 0 Å². The molecule has 0 radical (unpaired) electrons.